The first kappa shape index (κ1) is 26.7. The fraction of sp³-hybridized carbons (Fsp3) is 0.0238. The van der Waals surface area contributed by atoms with Crippen LogP contribution in [-0.4, -0.2) is 21.5 Å². The molecule has 0 amide bonds. The largest absolute Gasteiger partial charge is 0.456 e. The fourth-order valence-corrected chi connectivity index (χ4v) is 7.00. The van der Waals surface area contributed by atoms with E-state index in [2.05, 4.69) is 72.1 Å². The first-order chi connectivity index (χ1) is 23.8. The standard InChI is InChI=1S/C42H26N4O2/c1-2-11-25(12-3-1)39-44-40(46-41(45-39)32-17-10-20-36-37(32)30-15-6-8-18-34(30)47-36)27-23-26-13-4-5-14-28(26)33(24-27)29-21-22-43-42-38(29)31-16-7-9-19-35(31)48-42/h1-21,23-24,43H,22H2. The van der Waals surface area contributed by atoms with Crippen LogP contribution in [0.1, 0.15) is 11.1 Å². The highest BCUT2D eigenvalue weighted by Crippen LogP contribution is 2.43. The molecule has 0 saturated carbocycles. The molecule has 48 heavy (non-hydrogen) atoms. The van der Waals surface area contributed by atoms with Crippen LogP contribution in [0, 0.1) is 0 Å². The fourth-order valence-electron chi connectivity index (χ4n) is 7.00. The minimum absolute atomic E-state index is 0.593. The normalized spacial score (nSPS) is 12.8. The minimum Gasteiger partial charge on any atom is -0.456 e. The molecule has 0 fully saturated rings. The van der Waals surface area contributed by atoms with Crippen molar-refractivity contribution in [1.29, 1.82) is 0 Å². The molecular formula is C42H26N4O2. The summed E-state index contributed by atoms with van der Waals surface area (Å²) in [6.45, 7) is 0.664. The van der Waals surface area contributed by atoms with E-state index < -0.39 is 0 Å². The lowest BCUT2D eigenvalue weighted by Gasteiger charge is -2.18. The van der Waals surface area contributed by atoms with Gasteiger partial charge in [0.2, 0.25) is 5.88 Å². The maximum Gasteiger partial charge on any atom is 0.202 e. The van der Waals surface area contributed by atoms with Gasteiger partial charge in [-0.3, -0.25) is 0 Å². The Morgan fingerprint density at radius 2 is 1.17 bits per heavy atom. The van der Waals surface area contributed by atoms with Crippen LogP contribution in [0.15, 0.2) is 148 Å². The molecule has 3 aromatic heterocycles. The van der Waals surface area contributed by atoms with Crippen molar-refractivity contribution in [3.8, 4) is 34.2 Å². The number of benzene rings is 6. The van der Waals surface area contributed by atoms with Crippen molar-refractivity contribution >= 4 is 55.1 Å². The van der Waals surface area contributed by atoms with Gasteiger partial charge in [-0.2, -0.15) is 0 Å². The maximum atomic E-state index is 6.27. The van der Waals surface area contributed by atoms with Gasteiger partial charge >= 0.3 is 0 Å². The zero-order valence-electron chi connectivity index (χ0n) is 25.6. The van der Waals surface area contributed by atoms with E-state index in [4.69, 9.17) is 23.8 Å². The van der Waals surface area contributed by atoms with E-state index in [1.165, 1.54) is 0 Å². The number of rotatable bonds is 4. The van der Waals surface area contributed by atoms with Gasteiger partial charge in [-0.05, 0) is 52.2 Å². The molecule has 1 aliphatic heterocycles. The maximum absolute atomic E-state index is 6.27. The Morgan fingerprint density at radius 3 is 2.02 bits per heavy atom. The quantitative estimate of drug-likeness (QED) is 0.211. The van der Waals surface area contributed by atoms with Gasteiger partial charge in [0, 0.05) is 39.4 Å². The SMILES string of the molecule is C1=C(c2cc(-c3nc(-c4ccccc4)nc(-c4cccc5oc6ccccc6c45)n3)cc3ccccc23)c2c(oc3ccccc23)NC1. The van der Waals surface area contributed by atoms with Crippen LogP contribution in [0.25, 0.3) is 83.4 Å². The number of aromatic nitrogens is 3. The van der Waals surface area contributed by atoms with Crippen molar-refractivity contribution < 1.29 is 8.83 Å². The monoisotopic (exact) mass is 618 g/mol. The average molecular weight is 619 g/mol. The third-order valence-corrected chi connectivity index (χ3v) is 9.15. The zero-order chi connectivity index (χ0) is 31.6. The van der Waals surface area contributed by atoms with Gasteiger partial charge in [-0.1, -0.05) is 109 Å². The van der Waals surface area contributed by atoms with Crippen molar-refractivity contribution in [3.05, 3.63) is 151 Å². The molecular weight excluding hydrogens is 592 g/mol. The Balaban J connectivity index is 1.23. The number of hydrogen-bond donors (Lipinski definition) is 1. The second-order valence-electron chi connectivity index (χ2n) is 12.0. The highest BCUT2D eigenvalue weighted by molar-refractivity contribution is 6.12. The second-order valence-corrected chi connectivity index (χ2v) is 12.0. The Morgan fingerprint density at radius 1 is 0.500 bits per heavy atom. The van der Waals surface area contributed by atoms with Gasteiger partial charge in [0.25, 0.3) is 0 Å². The second kappa shape index (κ2) is 10.5. The molecule has 6 aromatic carbocycles. The molecule has 0 unspecified atom stereocenters. The summed E-state index contributed by atoms with van der Waals surface area (Å²) in [5.41, 5.74) is 8.50. The van der Waals surface area contributed by atoms with E-state index >= 15 is 0 Å². The molecule has 0 saturated heterocycles. The summed E-state index contributed by atoms with van der Waals surface area (Å²) in [7, 11) is 0. The minimum atomic E-state index is 0.593. The molecule has 9 aromatic rings. The molecule has 1 N–H and O–H groups in total. The zero-order valence-corrected chi connectivity index (χ0v) is 25.6. The van der Waals surface area contributed by atoms with E-state index in [-0.39, 0.29) is 0 Å². The molecule has 0 spiro atoms. The van der Waals surface area contributed by atoms with E-state index in [9.17, 15) is 0 Å². The molecule has 10 rings (SSSR count). The predicted octanol–water partition coefficient (Wildman–Crippen LogP) is 10.5. The number of nitrogens with zero attached hydrogens (tertiary/aromatic N) is 3. The summed E-state index contributed by atoms with van der Waals surface area (Å²) in [6.07, 6.45) is 2.24. The molecule has 0 atom stereocenters. The molecule has 226 valence electrons. The van der Waals surface area contributed by atoms with Gasteiger partial charge in [-0.25, -0.2) is 15.0 Å². The van der Waals surface area contributed by atoms with Crippen LogP contribution in [0.4, 0.5) is 5.88 Å². The summed E-state index contributed by atoms with van der Waals surface area (Å²) in [5, 5.41) is 8.79. The molecule has 6 nitrogen and oxygen atoms in total. The Labute approximate surface area is 275 Å². The highest BCUT2D eigenvalue weighted by atomic mass is 16.4. The lowest BCUT2D eigenvalue weighted by molar-refractivity contribution is 0.627. The van der Waals surface area contributed by atoms with Crippen molar-refractivity contribution in [1.82, 2.24) is 15.0 Å². The van der Waals surface area contributed by atoms with E-state index in [1.54, 1.807) is 0 Å². The number of anilines is 1. The van der Waals surface area contributed by atoms with Gasteiger partial charge in [0.1, 0.15) is 16.7 Å². The van der Waals surface area contributed by atoms with E-state index in [0.29, 0.717) is 24.0 Å². The van der Waals surface area contributed by atoms with Gasteiger partial charge < -0.3 is 14.2 Å². The number of furan rings is 2. The summed E-state index contributed by atoms with van der Waals surface area (Å²) in [5.74, 6) is 2.59. The highest BCUT2D eigenvalue weighted by Gasteiger charge is 2.24. The van der Waals surface area contributed by atoms with Crippen LogP contribution < -0.4 is 5.32 Å². The van der Waals surface area contributed by atoms with Crippen LogP contribution in [0.3, 0.4) is 0 Å². The van der Waals surface area contributed by atoms with Crippen LogP contribution in [0.2, 0.25) is 0 Å². The summed E-state index contributed by atoms with van der Waals surface area (Å²) < 4.78 is 12.5. The lowest BCUT2D eigenvalue weighted by Crippen LogP contribution is -2.07. The average Bonchev–Trinajstić information content (AvgIpc) is 3.73. The van der Waals surface area contributed by atoms with Crippen molar-refractivity contribution in [3.63, 3.8) is 0 Å². The van der Waals surface area contributed by atoms with Gasteiger partial charge in [-0.15, -0.1) is 0 Å². The van der Waals surface area contributed by atoms with E-state index in [1.807, 2.05) is 72.8 Å². The smallest absolute Gasteiger partial charge is 0.202 e. The third kappa shape index (κ3) is 4.16. The van der Waals surface area contributed by atoms with Gasteiger partial charge in [0.05, 0.1) is 5.56 Å². The van der Waals surface area contributed by atoms with Crippen molar-refractivity contribution in [2.24, 2.45) is 0 Å². The summed E-state index contributed by atoms with van der Waals surface area (Å²) in [6, 6.07) is 45.3. The van der Waals surface area contributed by atoms with Crippen molar-refractivity contribution in [2.45, 2.75) is 0 Å². The van der Waals surface area contributed by atoms with Gasteiger partial charge in [0.15, 0.2) is 17.5 Å². The van der Waals surface area contributed by atoms with Crippen LogP contribution in [-0.2, 0) is 0 Å². The summed E-state index contributed by atoms with van der Waals surface area (Å²) in [4.78, 5) is 15.4. The number of nitrogens with one attached hydrogen (secondary N) is 1. The number of hydrogen-bond acceptors (Lipinski definition) is 6. The Hall–Kier alpha value is -6.53. The van der Waals surface area contributed by atoms with Crippen LogP contribution in [0.5, 0.6) is 0 Å². The first-order valence-corrected chi connectivity index (χ1v) is 16.0. The Kier molecular flexibility index (Phi) is 5.84. The van der Waals surface area contributed by atoms with E-state index in [0.717, 1.165) is 83.0 Å². The number of para-hydroxylation sites is 2. The number of fused-ring (bicyclic) bond motifs is 7. The topological polar surface area (TPSA) is 77.0 Å². The molecule has 0 aliphatic carbocycles. The van der Waals surface area contributed by atoms with Crippen molar-refractivity contribution in [2.75, 3.05) is 11.9 Å². The molecule has 1 aliphatic rings. The molecule has 0 radical (unpaired) electrons. The first-order valence-electron chi connectivity index (χ1n) is 16.0. The lowest BCUT2D eigenvalue weighted by atomic mass is 9.89. The predicted molar refractivity (Wildman–Crippen MR) is 193 cm³/mol. The molecule has 0 bridgehead atoms. The molecule has 4 heterocycles. The van der Waals surface area contributed by atoms with Crippen LogP contribution >= 0.6 is 0 Å². The Bertz CT molecular complexity index is 2740. The summed E-state index contributed by atoms with van der Waals surface area (Å²) >= 11 is 0. The third-order valence-electron chi connectivity index (χ3n) is 9.15. The molecule has 6 heteroatoms.